The number of unbranched alkanes of at least 4 members (excludes halogenated alkanes) is 2. The maximum atomic E-state index is 2.51. The lowest BCUT2D eigenvalue weighted by atomic mass is 9.80. The van der Waals surface area contributed by atoms with Gasteiger partial charge in [-0.25, -0.2) is 0 Å². The molecule has 0 radical (unpaired) electrons. The molecule has 0 aromatic heterocycles. The van der Waals surface area contributed by atoms with Gasteiger partial charge in [0.25, 0.3) is 0 Å². The predicted octanol–water partition coefficient (Wildman–Crippen LogP) is 6.99. The largest absolute Gasteiger partial charge is 0.147 e. The molecular weight excluding hydrogens is 292 g/mol. The summed E-state index contributed by atoms with van der Waals surface area (Å²) in [7, 11) is 0. The van der Waals surface area contributed by atoms with Gasteiger partial charge in [0.2, 0.25) is 0 Å². The van der Waals surface area contributed by atoms with Gasteiger partial charge in [0.15, 0.2) is 0 Å². The van der Waals surface area contributed by atoms with Gasteiger partial charge in [-0.2, -0.15) is 0 Å². The molecule has 0 unspecified atom stereocenters. The van der Waals surface area contributed by atoms with E-state index in [4.69, 9.17) is 0 Å². The minimum absolute atomic E-state index is 0.623. The molecule has 2 fully saturated rings. The van der Waals surface area contributed by atoms with Crippen LogP contribution in [0.2, 0.25) is 0 Å². The maximum Gasteiger partial charge on any atom is 0.0531 e. The first kappa shape index (κ1) is 18.0. The lowest BCUT2D eigenvalue weighted by Gasteiger charge is -2.41. The highest BCUT2D eigenvalue weighted by Crippen LogP contribution is 2.49. The highest BCUT2D eigenvalue weighted by atomic mass is 32.2. The molecule has 2 heteroatoms. The fourth-order valence-corrected chi connectivity index (χ4v) is 7.75. The van der Waals surface area contributed by atoms with Crippen molar-refractivity contribution in [2.75, 3.05) is 11.5 Å². The molecular formula is C19H36S2. The van der Waals surface area contributed by atoms with Crippen LogP contribution in [-0.2, 0) is 0 Å². The molecule has 0 nitrogen and oxygen atoms in total. The molecule has 1 saturated heterocycles. The van der Waals surface area contributed by atoms with Crippen LogP contribution in [0.5, 0.6) is 0 Å². The average molecular weight is 329 g/mol. The Morgan fingerprint density at radius 2 is 1.57 bits per heavy atom. The van der Waals surface area contributed by atoms with E-state index in [2.05, 4.69) is 44.3 Å². The number of hydrogen-bond acceptors (Lipinski definition) is 2. The molecule has 0 atom stereocenters. The van der Waals surface area contributed by atoms with E-state index >= 15 is 0 Å². The summed E-state index contributed by atoms with van der Waals surface area (Å²) in [5.74, 6) is 4.91. The Balaban J connectivity index is 1.67. The third-order valence-electron chi connectivity index (χ3n) is 5.54. The molecule has 0 spiro atoms. The number of thioether (sulfide) groups is 2. The summed E-state index contributed by atoms with van der Waals surface area (Å²) >= 11 is 4.60. The summed E-state index contributed by atoms with van der Waals surface area (Å²) in [5, 5.41) is 0. The normalized spacial score (nSPS) is 37.6. The van der Waals surface area contributed by atoms with E-state index < -0.39 is 0 Å². The van der Waals surface area contributed by atoms with E-state index in [1.54, 1.807) is 0 Å². The summed E-state index contributed by atoms with van der Waals surface area (Å²) < 4.78 is 0.923. The Hall–Kier alpha value is 0.700. The smallest absolute Gasteiger partial charge is 0.0531 e. The van der Waals surface area contributed by atoms with E-state index in [0.29, 0.717) is 5.41 Å². The predicted molar refractivity (Wildman–Crippen MR) is 101 cm³/mol. The van der Waals surface area contributed by atoms with Crippen LogP contribution in [0.3, 0.4) is 0 Å². The SMILES string of the molecule is CCCCCC1CCC(C2SCC(C)(CCC)CS2)CC1. The van der Waals surface area contributed by atoms with Crippen LogP contribution in [-0.4, -0.2) is 16.1 Å². The van der Waals surface area contributed by atoms with Crippen molar-refractivity contribution >= 4 is 23.5 Å². The number of rotatable bonds is 7. The average Bonchev–Trinajstić information content (AvgIpc) is 2.49. The van der Waals surface area contributed by atoms with Gasteiger partial charge in [-0.05, 0) is 36.5 Å². The van der Waals surface area contributed by atoms with Gasteiger partial charge in [0.05, 0.1) is 4.58 Å². The van der Waals surface area contributed by atoms with E-state index in [-0.39, 0.29) is 0 Å². The Kier molecular flexibility index (Phi) is 7.83. The van der Waals surface area contributed by atoms with Gasteiger partial charge < -0.3 is 0 Å². The Bertz CT molecular complexity index is 273. The second-order valence-corrected chi connectivity index (χ2v) is 10.4. The molecule has 2 rings (SSSR count). The zero-order chi connectivity index (χ0) is 15.1. The van der Waals surface area contributed by atoms with Crippen LogP contribution in [0.4, 0.5) is 0 Å². The van der Waals surface area contributed by atoms with Crippen molar-refractivity contribution in [3.63, 3.8) is 0 Å². The monoisotopic (exact) mass is 328 g/mol. The summed E-state index contributed by atoms with van der Waals surface area (Å²) in [5.41, 5.74) is 0.623. The molecule has 1 aliphatic heterocycles. The van der Waals surface area contributed by atoms with Gasteiger partial charge in [0, 0.05) is 11.5 Å². The van der Waals surface area contributed by atoms with E-state index in [1.807, 2.05) is 0 Å². The third-order valence-corrected chi connectivity index (χ3v) is 9.51. The second kappa shape index (κ2) is 9.11. The maximum absolute atomic E-state index is 2.51. The second-order valence-electron chi connectivity index (χ2n) is 7.83. The topological polar surface area (TPSA) is 0 Å². The Morgan fingerprint density at radius 3 is 2.14 bits per heavy atom. The van der Waals surface area contributed by atoms with Gasteiger partial charge in [-0.15, -0.1) is 23.5 Å². The summed E-state index contributed by atoms with van der Waals surface area (Å²) in [6.07, 6.45) is 14.7. The van der Waals surface area contributed by atoms with Gasteiger partial charge in [0.1, 0.15) is 0 Å². The summed E-state index contributed by atoms with van der Waals surface area (Å²) in [4.78, 5) is 0. The molecule has 0 N–H and O–H groups in total. The van der Waals surface area contributed by atoms with Crippen molar-refractivity contribution in [1.82, 2.24) is 0 Å². The summed E-state index contributed by atoms with van der Waals surface area (Å²) in [6, 6.07) is 0. The molecule has 0 aromatic carbocycles. The highest BCUT2D eigenvalue weighted by molar-refractivity contribution is 8.17. The van der Waals surface area contributed by atoms with Crippen molar-refractivity contribution in [3.8, 4) is 0 Å². The first-order valence-electron chi connectivity index (χ1n) is 9.40. The Labute approximate surface area is 142 Å². The van der Waals surface area contributed by atoms with Gasteiger partial charge >= 0.3 is 0 Å². The third kappa shape index (κ3) is 5.68. The van der Waals surface area contributed by atoms with Crippen LogP contribution in [0, 0.1) is 17.3 Å². The number of hydrogen-bond donors (Lipinski definition) is 0. The standard InChI is InChI=1S/C19H36S2/c1-4-6-7-8-16-9-11-17(12-10-16)18-20-14-19(3,13-5-2)15-21-18/h16-18H,4-15H2,1-3H3. The van der Waals surface area contributed by atoms with Crippen LogP contribution >= 0.6 is 23.5 Å². The molecule has 0 aromatic rings. The van der Waals surface area contributed by atoms with Crippen LogP contribution in [0.25, 0.3) is 0 Å². The molecule has 124 valence electrons. The first-order chi connectivity index (χ1) is 10.2. The molecule has 0 bridgehead atoms. The lowest BCUT2D eigenvalue weighted by molar-refractivity contribution is 0.268. The fraction of sp³-hybridized carbons (Fsp3) is 1.00. The fourth-order valence-electron chi connectivity index (χ4n) is 4.11. The molecule has 0 amide bonds. The zero-order valence-electron chi connectivity index (χ0n) is 14.5. The van der Waals surface area contributed by atoms with Crippen molar-refractivity contribution in [2.24, 2.45) is 17.3 Å². The van der Waals surface area contributed by atoms with E-state index in [0.717, 1.165) is 16.4 Å². The summed E-state index contributed by atoms with van der Waals surface area (Å²) in [6.45, 7) is 7.17. The Morgan fingerprint density at radius 1 is 0.905 bits per heavy atom. The van der Waals surface area contributed by atoms with Gasteiger partial charge in [-0.3, -0.25) is 0 Å². The van der Waals surface area contributed by atoms with E-state index in [9.17, 15) is 0 Å². The first-order valence-corrected chi connectivity index (χ1v) is 11.5. The molecule has 1 aliphatic carbocycles. The van der Waals surface area contributed by atoms with Crippen molar-refractivity contribution in [1.29, 1.82) is 0 Å². The zero-order valence-corrected chi connectivity index (χ0v) is 16.2. The lowest BCUT2D eigenvalue weighted by Crippen LogP contribution is -2.33. The quantitative estimate of drug-likeness (QED) is 0.462. The van der Waals surface area contributed by atoms with Crippen LogP contribution in [0.15, 0.2) is 0 Å². The van der Waals surface area contributed by atoms with Crippen molar-refractivity contribution in [2.45, 2.75) is 89.6 Å². The highest BCUT2D eigenvalue weighted by Gasteiger charge is 2.36. The molecule has 1 heterocycles. The van der Waals surface area contributed by atoms with Crippen LogP contribution in [0.1, 0.15) is 85.0 Å². The van der Waals surface area contributed by atoms with Gasteiger partial charge in [-0.1, -0.05) is 65.7 Å². The van der Waals surface area contributed by atoms with Crippen molar-refractivity contribution in [3.05, 3.63) is 0 Å². The molecule has 2 aliphatic rings. The van der Waals surface area contributed by atoms with E-state index in [1.165, 1.54) is 75.7 Å². The van der Waals surface area contributed by atoms with Crippen LogP contribution < -0.4 is 0 Å². The molecule has 21 heavy (non-hydrogen) atoms. The van der Waals surface area contributed by atoms with Crippen molar-refractivity contribution < 1.29 is 0 Å². The molecule has 1 saturated carbocycles. The minimum Gasteiger partial charge on any atom is -0.147 e. The minimum atomic E-state index is 0.623.